The minimum absolute atomic E-state index is 0.111. The molecule has 23 heavy (non-hydrogen) atoms. The van der Waals surface area contributed by atoms with Crippen LogP contribution in [0.4, 0.5) is 5.69 Å². The lowest BCUT2D eigenvalue weighted by Gasteiger charge is -2.17. The number of carbonyl (C=O) groups is 2. The number of anilines is 1. The predicted molar refractivity (Wildman–Crippen MR) is 93.5 cm³/mol. The topological polar surface area (TPSA) is 49.4 Å². The lowest BCUT2D eigenvalue weighted by atomic mass is 10.2. The van der Waals surface area contributed by atoms with E-state index in [-0.39, 0.29) is 28.9 Å². The van der Waals surface area contributed by atoms with Crippen LogP contribution in [0.15, 0.2) is 42.5 Å². The second-order valence-electron chi connectivity index (χ2n) is 4.84. The van der Waals surface area contributed by atoms with Crippen molar-refractivity contribution in [3.8, 4) is 0 Å². The van der Waals surface area contributed by atoms with Crippen LogP contribution >= 0.6 is 34.8 Å². The zero-order chi connectivity index (χ0) is 17.0. The Kier molecular flexibility index (Phi) is 5.88. The number of hydrogen-bond acceptors (Lipinski definition) is 2. The molecule has 0 saturated carbocycles. The maximum atomic E-state index is 12.3. The van der Waals surface area contributed by atoms with Crippen LogP contribution in [0.5, 0.6) is 0 Å². The van der Waals surface area contributed by atoms with Gasteiger partial charge in [0, 0.05) is 22.8 Å². The van der Waals surface area contributed by atoms with Gasteiger partial charge in [-0.1, -0.05) is 34.8 Å². The molecule has 0 heterocycles. The average molecular weight is 372 g/mol. The molecule has 0 saturated heterocycles. The molecule has 0 aliphatic rings. The van der Waals surface area contributed by atoms with Crippen molar-refractivity contribution >= 4 is 52.3 Å². The minimum Gasteiger partial charge on any atom is -0.332 e. The fourth-order valence-electron chi connectivity index (χ4n) is 1.89. The number of rotatable bonds is 4. The Balaban J connectivity index is 2.00. The van der Waals surface area contributed by atoms with Gasteiger partial charge < -0.3 is 10.2 Å². The number of hydrogen-bond donors (Lipinski definition) is 1. The third-order valence-corrected chi connectivity index (χ3v) is 3.82. The van der Waals surface area contributed by atoms with Gasteiger partial charge in [-0.2, -0.15) is 0 Å². The van der Waals surface area contributed by atoms with Crippen LogP contribution in [0.1, 0.15) is 10.4 Å². The molecule has 0 bridgehead atoms. The van der Waals surface area contributed by atoms with Crippen molar-refractivity contribution in [3.63, 3.8) is 0 Å². The van der Waals surface area contributed by atoms with Gasteiger partial charge in [0.05, 0.1) is 17.1 Å². The average Bonchev–Trinajstić information content (AvgIpc) is 2.49. The highest BCUT2D eigenvalue weighted by molar-refractivity contribution is 6.36. The molecule has 4 nitrogen and oxygen atoms in total. The standard InChI is InChI=1S/C16H13Cl3N2O2/c1-21(16(23)13-7-4-11(18)8-14(13)19)9-15(22)20-12-5-2-10(17)3-6-12/h2-8H,9H2,1H3,(H,20,22). The molecular weight excluding hydrogens is 359 g/mol. The highest BCUT2D eigenvalue weighted by Crippen LogP contribution is 2.22. The Hall–Kier alpha value is -1.75. The third kappa shape index (κ3) is 4.86. The first kappa shape index (κ1) is 17.6. The van der Waals surface area contributed by atoms with Gasteiger partial charge in [0.15, 0.2) is 0 Å². The number of nitrogens with zero attached hydrogens (tertiary/aromatic N) is 1. The van der Waals surface area contributed by atoms with Gasteiger partial charge >= 0.3 is 0 Å². The number of likely N-dealkylation sites (N-methyl/N-ethyl adjacent to an activating group) is 1. The minimum atomic E-state index is -0.363. The number of halogens is 3. The first-order chi connectivity index (χ1) is 10.9. The Bertz CT molecular complexity index is 733. The van der Waals surface area contributed by atoms with E-state index in [1.807, 2.05) is 0 Å². The van der Waals surface area contributed by atoms with Crippen molar-refractivity contribution in [2.45, 2.75) is 0 Å². The predicted octanol–water partition coefficient (Wildman–Crippen LogP) is 4.36. The van der Waals surface area contributed by atoms with Crippen molar-refractivity contribution in [2.24, 2.45) is 0 Å². The van der Waals surface area contributed by atoms with Crippen molar-refractivity contribution in [2.75, 3.05) is 18.9 Å². The van der Waals surface area contributed by atoms with E-state index >= 15 is 0 Å². The lowest BCUT2D eigenvalue weighted by Crippen LogP contribution is -2.35. The molecule has 2 amide bonds. The van der Waals surface area contributed by atoms with Crippen LogP contribution in [0, 0.1) is 0 Å². The highest BCUT2D eigenvalue weighted by atomic mass is 35.5. The second kappa shape index (κ2) is 7.68. The van der Waals surface area contributed by atoms with E-state index in [1.165, 1.54) is 24.1 Å². The molecule has 0 atom stereocenters. The molecule has 0 spiro atoms. The molecular formula is C16H13Cl3N2O2. The molecule has 7 heteroatoms. The van der Waals surface area contributed by atoms with Gasteiger partial charge in [-0.25, -0.2) is 0 Å². The van der Waals surface area contributed by atoms with E-state index in [4.69, 9.17) is 34.8 Å². The molecule has 0 fully saturated rings. The molecule has 2 aromatic rings. The van der Waals surface area contributed by atoms with Crippen LogP contribution in [0.25, 0.3) is 0 Å². The largest absolute Gasteiger partial charge is 0.332 e. The lowest BCUT2D eigenvalue weighted by molar-refractivity contribution is -0.116. The molecule has 0 aromatic heterocycles. The Morgan fingerprint density at radius 3 is 2.22 bits per heavy atom. The molecule has 1 N–H and O–H groups in total. The number of nitrogens with one attached hydrogen (secondary N) is 1. The summed E-state index contributed by atoms with van der Waals surface area (Å²) in [5, 5.41) is 3.94. The van der Waals surface area contributed by atoms with Gasteiger partial charge in [-0.05, 0) is 42.5 Å². The first-order valence-corrected chi connectivity index (χ1v) is 7.76. The van der Waals surface area contributed by atoms with E-state index in [0.717, 1.165) is 0 Å². The van der Waals surface area contributed by atoms with E-state index in [1.54, 1.807) is 30.3 Å². The summed E-state index contributed by atoms with van der Waals surface area (Å²) in [6, 6.07) is 11.3. The summed E-state index contributed by atoms with van der Waals surface area (Å²) < 4.78 is 0. The zero-order valence-electron chi connectivity index (χ0n) is 12.1. The molecule has 2 rings (SSSR count). The van der Waals surface area contributed by atoms with Gasteiger partial charge in [0.25, 0.3) is 5.91 Å². The summed E-state index contributed by atoms with van der Waals surface area (Å²) in [5.74, 6) is -0.689. The fraction of sp³-hybridized carbons (Fsp3) is 0.125. The Labute approximate surface area is 148 Å². The molecule has 0 aliphatic heterocycles. The second-order valence-corrected chi connectivity index (χ2v) is 6.12. The van der Waals surface area contributed by atoms with E-state index in [0.29, 0.717) is 15.7 Å². The van der Waals surface area contributed by atoms with Crippen LogP contribution in [-0.4, -0.2) is 30.3 Å². The van der Waals surface area contributed by atoms with Gasteiger partial charge in [0.2, 0.25) is 5.91 Å². The van der Waals surface area contributed by atoms with Crippen molar-refractivity contribution in [3.05, 3.63) is 63.1 Å². The third-order valence-electron chi connectivity index (χ3n) is 3.02. The van der Waals surface area contributed by atoms with Crippen molar-refractivity contribution in [1.82, 2.24) is 4.90 Å². The molecule has 120 valence electrons. The molecule has 0 unspecified atom stereocenters. The fourth-order valence-corrected chi connectivity index (χ4v) is 2.50. The van der Waals surface area contributed by atoms with Gasteiger partial charge in [-0.15, -0.1) is 0 Å². The summed E-state index contributed by atoms with van der Waals surface area (Å²) in [5.41, 5.74) is 0.891. The van der Waals surface area contributed by atoms with Crippen LogP contribution in [0.3, 0.4) is 0 Å². The number of carbonyl (C=O) groups excluding carboxylic acids is 2. The van der Waals surface area contributed by atoms with Crippen molar-refractivity contribution in [1.29, 1.82) is 0 Å². The maximum absolute atomic E-state index is 12.3. The van der Waals surface area contributed by atoms with E-state index in [2.05, 4.69) is 5.32 Å². The molecule has 0 radical (unpaired) electrons. The summed E-state index contributed by atoms with van der Waals surface area (Å²) in [7, 11) is 1.52. The summed E-state index contributed by atoms with van der Waals surface area (Å²) in [6.07, 6.45) is 0. The summed E-state index contributed by atoms with van der Waals surface area (Å²) >= 11 is 17.6. The highest BCUT2D eigenvalue weighted by Gasteiger charge is 2.17. The van der Waals surface area contributed by atoms with Crippen LogP contribution < -0.4 is 5.32 Å². The maximum Gasteiger partial charge on any atom is 0.255 e. The quantitative estimate of drug-likeness (QED) is 0.868. The van der Waals surface area contributed by atoms with E-state index in [9.17, 15) is 9.59 Å². The van der Waals surface area contributed by atoms with Crippen molar-refractivity contribution < 1.29 is 9.59 Å². The monoisotopic (exact) mass is 370 g/mol. The van der Waals surface area contributed by atoms with Gasteiger partial charge in [-0.3, -0.25) is 9.59 Å². The smallest absolute Gasteiger partial charge is 0.255 e. The van der Waals surface area contributed by atoms with Crippen LogP contribution in [-0.2, 0) is 4.79 Å². The molecule has 2 aromatic carbocycles. The van der Waals surface area contributed by atoms with Crippen LogP contribution in [0.2, 0.25) is 15.1 Å². The number of amides is 2. The zero-order valence-corrected chi connectivity index (χ0v) is 14.4. The first-order valence-electron chi connectivity index (χ1n) is 6.63. The molecule has 0 aliphatic carbocycles. The SMILES string of the molecule is CN(CC(=O)Nc1ccc(Cl)cc1)C(=O)c1ccc(Cl)cc1Cl. The summed E-state index contributed by atoms with van der Waals surface area (Å²) in [4.78, 5) is 25.6. The number of benzene rings is 2. The Morgan fingerprint density at radius 1 is 1.00 bits per heavy atom. The normalized spacial score (nSPS) is 10.3. The summed E-state index contributed by atoms with van der Waals surface area (Å²) in [6.45, 7) is -0.111. The Morgan fingerprint density at radius 2 is 1.61 bits per heavy atom. The van der Waals surface area contributed by atoms with E-state index < -0.39 is 0 Å². The van der Waals surface area contributed by atoms with Gasteiger partial charge in [0.1, 0.15) is 0 Å².